The zero-order valence-electron chi connectivity index (χ0n) is 14.0. The zero-order valence-corrected chi connectivity index (χ0v) is 14.0. The molecule has 1 saturated heterocycles. The van der Waals surface area contributed by atoms with Crippen LogP contribution in [0.1, 0.15) is 31.7 Å². The van der Waals surface area contributed by atoms with Crippen molar-refractivity contribution in [2.45, 2.75) is 33.1 Å². The Morgan fingerprint density at radius 1 is 1.30 bits per heavy atom. The van der Waals surface area contributed by atoms with Crippen molar-refractivity contribution >= 4 is 11.8 Å². The van der Waals surface area contributed by atoms with E-state index in [4.69, 9.17) is 4.74 Å². The van der Waals surface area contributed by atoms with E-state index in [1.807, 2.05) is 38.1 Å². The second-order valence-corrected chi connectivity index (χ2v) is 6.05. The lowest BCUT2D eigenvalue weighted by Crippen LogP contribution is -2.44. The molecule has 5 heteroatoms. The molecule has 0 aromatic heterocycles. The number of aryl methyl sites for hydroxylation is 1. The normalized spacial score (nSPS) is 15.3. The van der Waals surface area contributed by atoms with Gasteiger partial charge in [0.1, 0.15) is 5.75 Å². The highest BCUT2D eigenvalue weighted by atomic mass is 16.5. The van der Waals surface area contributed by atoms with E-state index in [1.54, 1.807) is 4.90 Å². The Labute approximate surface area is 138 Å². The molecule has 0 bridgehead atoms. The zero-order chi connectivity index (χ0) is 16.7. The van der Waals surface area contributed by atoms with Crippen molar-refractivity contribution in [3.8, 4) is 5.75 Å². The molecule has 2 amide bonds. The summed E-state index contributed by atoms with van der Waals surface area (Å²) in [5.41, 5.74) is 1.11. The molecular formula is C18H26N2O3. The summed E-state index contributed by atoms with van der Waals surface area (Å²) >= 11 is 0. The Kier molecular flexibility index (Phi) is 6.44. The quantitative estimate of drug-likeness (QED) is 0.874. The van der Waals surface area contributed by atoms with Gasteiger partial charge in [-0.2, -0.15) is 0 Å². The molecule has 1 aliphatic heterocycles. The Balaban J connectivity index is 1.74. The summed E-state index contributed by atoms with van der Waals surface area (Å²) in [7, 11) is 0. The molecule has 2 rings (SSSR count). The molecule has 1 N–H and O–H groups in total. The van der Waals surface area contributed by atoms with Crippen molar-refractivity contribution in [1.29, 1.82) is 0 Å². The molecule has 23 heavy (non-hydrogen) atoms. The van der Waals surface area contributed by atoms with Gasteiger partial charge >= 0.3 is 0 Å². The molecule has 126 valence electrons. The molecule has 0 atom stereocenters. The van der Waals surface area contributed by atoms with E-state index in [0.29, 0.717) is 18.8 Å². The second-order valence-electron chi connectivity index (χ2n) is 6.05. The average molecular weight is 318 g/mol. The van der Waals surface area contributed by atoms with Crippen molar-refractivity contribution in [2.75, 3.05) is 26.2 Å². The van der Waals surface area contributed by atoms with Crippen molar-refractivity contribution in [2.24, 2.45) is 5.92 Å². The first-order chi connectivity index (χ1) is 11.1. The van der Waals surface area contributed by atoms with Gasteiger partial charge in [0.05, 0.1) is 0 Å². The fraction of sp³-hybridized carbons (Fsp3) is 0.556. The number of carbonyl (C=O) groups excluding carboxylic acids is 2. The van der Waals surface area contributed by atoms with E-state index in [-0.39, 0.29) is 24.3 Å². The molecule has 1 heterocycles. The first-order valence-corrected chi connectivity index (χ1v) is 8.35. The van der Waals surface area contributed by atoms with Gasteiger partial charge in [-0.25, -0.2) is 0 Å². The molecule has 1 aliphatic rings. The van der Waals surface area contributed by atoms with Gasteiger partial charge in [0.15, 0.2) is 6.61 Å². The highest BCUT2D eigenvalue weighted by molar-refractivity contribution is 5.80. The van der Waals surface area contributed by atoms with Crippen LogP contribution in [0.3, 0.4) is 0 Å². The van der Waals surface area contributed by atoms with Crippen molar-refractivity contribution in [3.05, 3.63) is 29.8 Å². The van der Waals surface area contributed by atoms with Crippen LogP contribution in [0.5, 0.6) is 5.75 Å². The summed E-state index contributed by atoms with van der Waals surface area (Å²) in [5, 5.41) is 2.93. The van der Waals surface area contributed by atoms with Gasteiger partial charge in [0.25, 0.3) is 5.91 Å². The lowest BCUT2D eigenvalue weighted by Gasteiger charge is -2.31. The molecule has 0 unspecified atom stereocenters. The summed E-state index contributed by atoms with van der Waals surface area (Å²) < 4.78 is 5.56. The van der Waals surface area contributed by atoms with Crippen LogP contribution in [0, 0.1) is 12.8 Å². The molecule has 0 radical (unpaired) electrons. The summed E-state index contributed by atoms with van der Waals surface area (Å²) in [5.74, 6) is 0.851. The lowest BCUT2D eigenvalue weighted by atomic mass is 9.96. The number of nitrogens with one attached hydrogen (secondary N) is 1. The summed E-state index contributed by atoms with van der Waals surface area (Å²) in [4.78, 5) is 25.9. The third kappa shape index (κ3) is 5.27. The topological polar surface area (TPSA) is 58.6 Å². The van der Waals surface area contributed by atoms with Crippen LogP contribution >= 0.6 is 0 Å². The summed E-state index contributed by atoms with van der Waals surface area (Å²) in [6.45, 7) is 6.05. The minimum absolute atomic E-state index is 0.0149. The number of nitrogens with zero attached hydrogens (tertiary/aromatic N) is 1. The van der Waals surface area contributed by atoms with Crippen LogP contribution < -0.4 is 10.1 Å². The van der Waals surface area contributed by atoms with E-state index >= 15 is 0 Å². The number of likely N-dealkylation sites (tertiary alicyclic amines) is 1. The van der Waals surface area contributed by atoms with Gasteiger partial charge < -0.3 is 15.0 Å². The van der Waals surface area contributed by atoms with Crippen LogP contribution in [-0.4, -0.2) is 43.0 Å². The minimum Gasteiger partial charge on any atom is -0.484 e. The third-order valence-corrected chi connectivity index (χ3v) is 4.12. The molecule has 5 nitrogen and oxygen atoms in total. The summed E-state index contributed by atoms with van der Waals surface area (Å²) in [6.07, 6.45) is 2.40. The van der Waals surface area contributed by atoms with Gasteiger partial charge in [0.2, 0.25) is 5.91 Å². The van der Waals surface area contributed by atoms with Gasteiger partial charge in [0, 0.05) is 25.6 Å². The number of hydrogen-bond donors (Lipinski definition) is 1. The van der Waals surface area contributed by atoms with Gasteiger partial charge in [-0.1, -0.05) is 19.1 Å². The van der Waals surface area contributed by atoms with Crippen molar-refractivity contribution in [3.63, 3.8) is 0 Å². The molecular weight excluding hydrogens is 292 g/mol. The second kappa shape index (κ2) is 8.56. The monoisotopic (exact) mass is 318 g/mol. The van der Waals surface area contributed by atoms with Crippen LogP contribution in [-0.2, 0) is 9.59 Å². The predicted molar refractivity (Wildman–Crippen MR) is 89.3 cm³/mol. The standard InChI is InChI=1S/C18H26N2O3/c1-3-9-19-18(22)15-7-10-20(11-8-15)17(21)13-23-16-6-4-5-14(2)12-16/h4-6,12,15H,3,7-11,13H2,1-2H3,(H,19,22). The lowest BCUT2D eigenvalue weighted by molar-refractivity contribution is -0.137. The predicted octanol–water partition coefficient (Wildman–Crippen LogP) is 2.14. The number of piperidine rings is 1. The van der Waals surface area contributed by atoms with Gasteiger partial charge in [-0.05, 0) is 43.9 Å². The van der Waals surface area contributed by atoms with E-state index in [1.165, 1.54) is 0 Å². The first kappa shape index (κ1) is 17.3. The fourth-order valence-electron chi connectivity index (χ4n) is 2.73. The van der Waals surface area contributed by atoms with Crippen LogP contribution in [0.4, 0.5) is 0 Å². The number of hydrogen-bond acceptors (Lipinski definition) is 3. The largest absolute Gasteiger partial charge is 0.484 e. The Bertz CT molecular complexity index is 537. The number of rotatable bonds is 6. The van der Waals surface area contributed by atoms with E-state index < -0.39 is 0 Å². The summed E-state index contributed by atoms with van der Waals surface area (Å²) in [6, 6.07) is 7.67. The molecule has 1 aromatic carbocycles. The van der Waals surface area contributed by atoms with Crippen LogP contribution in [0.2, 0.25) is 0 Å². The Morgan fingerprint density at radius 2 is 2.04 bits per heavy atom. The Morgan fingerprint density at radius 3 is 2.70 bits per heavy atom. The maximum absolute atomic E-state index is 12.2. The van der Waals surface area contributed by atoms with Crippen LogP contribution in [0.25, 0.3) is 0 Å². The highest BCUT2D eigenvalue weighted by Crippen LogP contribution is 2.18. The minimum atomic E-state index is -0.0149. The third-order valence-electron chi connectivity index (χ3n) is 4.12. The van der Waals surface area contributed by atoms with Crippen molar-refractivity contribution < 1.29 is 14.3 Å². The van der Waals surface area contributed by atoms with Gasteiger partial charge in [-0.3, -0.25) is 9.59 Å². The molecule has 1 fully saturated rings. The number of benzene rings is 1. The van der Waals surface area contributed by atoms with Crippen LogP contribution in [0.15, 0.2) is 24.3 Å². The smallest absolute Gasteiger partial charge is 0.260 e. The van der Waals surface area contributed by atoms with E-state index in [0.717, 1.165) is 31.4 Å². The maximum atomic E-state index is 12.2. The Hall–Kier alpha value is -2.04. The average Bonchev–Trinajstić information content (AvgIpc) is 2.57. The van der Waals surface area contributed by atoms with Crippen molar-refractivity contribution in [1.82, 2.24) is 10.2 Å². The molecule has 0 aliphatic carbocycles. The number of ether oxygens (including phenoxy) is 1. The first-order valence-electron chi connectivity index (χ1n) is 8.35. The molecule has 1 aromatic rings. The van der Waals surface area contributed by atoms with E-state index in [9.17, 15) is 9.59 Å². The number of carbonyl (C=O) groups is 2. The van der Waals surface area contributed by atoms with Gasteiger partial charge in [-0.15, -0.1) is 0 Å². The van der Waals surface area contributed by atoms with E-state index in [2.05, 4.69) is 5.32 Å². The SMILES string of the molecule is CCCNC(=O)C1CCN(C(=O)COc2cccc(C)c2)CC1. The maximum Gasteiger partial charge on any atom is 0.260 e. The molecule has 0 saturated carbocycles. The highest BCUT2D eigenvalue weighted by Gasteiger charge is 2.27. The fourth-order valence-corrected chi connectivity index (χ4v) is 2.73. The number of amides is 2. The molecule has 0 spiro atoms.